The number of anilines is 1. The van der Waals surface area contributed by atoms with Gasteiger partial charge in [0.1, 0.15) is 6.26 Å². The van der Waals surface area contributed by atoms with E-state index in [1.54, 1.807) is 6.26 Å². The first-order valence-electron chi connectivity index (χ1n) is 6.73. The third-order valence-electron chi connectivity index (χ3n) is 3.35. The average Bonchev–Trinajstić information content (AvgIpc) is 2.95. The lowest BCUT2D eigenvalue weighted by molar-refractivity contribution is 0.515. The molecule has 96 valence electrons. The molecule has 0 spiro atoms. The average molecular weight is 237 g/mol. The van der Waals surface area contributed by atoms with Gasteiger partial charge in [0.15, 0.2) is 0 Å². The predicted octanol–water partition coefficient (Wildman–Crippen LogP) is 2.41. The lowest BCUT2D eigenvalue weighted by Gasteiger charge is -2.12. The molecule has 1 atom stereocenters. The van der Waals surface area contributed by atoms with Gasteiger partial charge in [-0.15, -0.1) is 0 Å². The van der Waals surface area contributed by atoms with Gasteiger partial charge in [0.2, 0.25) is 0 Å². The van der Waals surface area contributed by atoms with E-state index in [-0.39, 0.29) is 0 Å². The van der Waals surface area contributed by atoms with Crippen molar-refractivity contribution >= 4 is 6.01 Å². The van der Waals surface area contributed by atoms with E-state index in [1.807, 2.05) is 0 Å². The van der Waals surface area contributed by atoms with Crippen LogP contribution in [0.4, 0.5) is 6.01 Å². The highest BCUT2D eigenvalue weighted by atomic mass is 16.4. The monoisotopic (exact) mass is 237 g/mol. The van der Waals surface area contributed by atoms with Crippen LogP contribution >= 0.6 is 0 Å². The molecule has 2 heterocycles. The molecule has 17 heavy (non-hydrogen) atoms. The molecule has 1 aromatic heterocycles. The highest BCUT2D eigenvalue weighted by molar-refractivity contribution is 5.28. The topological polar surface area (TPSA) is 41.3 Å². The van der Waals surface area contributed by atoms with Crippen LogP contribution in [0.5, 0.6) is 0 Å². The first kappa shape index (κ1) is 12.4. The molecule has 2 rings (SSSR count). The minimum atomic E-state index is 0.798. The van der Waals surface area contributed by atoms with Crippen LogP contribution in [0.25, 0.3) is 0 Å². The van der Waals surface area contributed by atoms with Crippen molar-refractivity contribution in [3.8, 4) is 0 Å². The summed E-state index contributed by atoms with van der Waals surface area (Å²) < 4.78 is 5.55. The number of rotatable bonds is 6. The molecule has 0 aliphatic carbocycles. The minimum absolute atomic E-state index is 0.798. The Hall–Kier alpha value is -1.03. The van der Waals surface area contributed by atoms with E-state index in [0.717, 1.165) is 43.8 Å². The van der Waals surface area contributed by atoms with Gasteiger partial charge in [-0.2, -0.15) is 4.98 Å². The molecular weight excluding hydrogens is 214 g/mol. The Labute approximate surface area is 103 Å². The Morgan fingerprint density at radius 2 is 2.41 bits per heavy atom. The van der Waals surface area contributed by atoms with E-state index in [4.69, 9.17) is 4.42 Å². The number of aromatic nitrogens is 1. The van der Waals surface area contributed by atoms with E-state index in [1.165, 1.54) is 19.3 Å². The quantitative estimate of drug-likeness (QED) is 0.825. The second kappa shape index (κ2) is 6.05. The standard InChI is InChI=1S/C13H23N3O/c1-3-5-11-6-7-16(9-11)13-15-12(10-17-13)8-14-4-2/h10-11,14H,3-9H2,1-2H3. The van der Waals surface area contributed by atoms with Gasteiger partial charge >= 0.3 is 0 Å². The maximum Gasteiger partial charge on any atom is 0.297 e. The fraction of sp³-hybridized carbons (Fsp3) is 0.769. The van der Waals surface area contributed by atoms with Crippen LogP contribution in [-0.4, -0.2) is 24.6 Å². The fourth-order valence-corrected chi connectivity index (χ4v) is 2.43. The number of hydrogen-bond acceptors (Lipinski definition) is 4. The van der Waals surface area contributed by atoms with Crippen LogP contribution in [-0.2, 0) is 6.54 Å². The highest BCUT2D eigenvalue weighted by Crippen LogP contribution is 2.25. The molecule has 0 amide bonds. The molecule has 4 heteroatoms. The van der Waals surface area contributed by atoms with Crippen LogP contribution < -0.4 is 10.2 Å². The number of oxazole rings is 1. The number of nitrogens with zero attached hydrogens (tertiary/aromatic N) is 2. The van der Waals surface area contributed by atoms with Crippen LogP contribution in [0.2, 0.25) is 0 Å². The highest BCUT2D eigenvalue weighted by Gasteiger charge is 2.24. The Morgan fingerprint density at radius 1 is 1.53 bits per heavy atom. The largest absolute Gasteiger partial charge is 0.432 e. The van der Waals surface area contributed by atoms with Gasteiger partial charge in [0, 0.05) is 19.6 Å². The summed E-state index contributed by atoms with van der Waals surface area (Å²) in [4.78, 5) is 6.79. The van der Waals surface area contributed by atoms with Gasteiger partial charge in [0.25, 0.3) is 6.01 Å². The van der Waals surface area contributed by atoms with Crippen LogP contribution in [0, 0.1) is 5.92 Å². The van der Waals surface area contributed by atoms with Gasteiger partial charge in [-0.25, -0.2) is 0 Å². The van der Waals surface area contributed by atoms with Crippen LogP contribution in [0.15, 0.2) is 10.7 Å². The summed E-state index contributed by atoms with van der Waals surface area (Å²) in [5.74, 6) is 0.823. The molecule has 4 nitrogen and oxygen atoms in total. The Bertz CT molecular complexity index is 337. The zero-order valence-corrected chi connectivity index (χ0v) is 10.9. The summed E-state index contributed by atoms with van der Waals surface area (Å²) in [5.41, 5.74) is 1.00. The van der Waals surface area contributed by atoms with Gasteiger partial charge in [-0.1, -0.05) is 20.3 Å². The van der Waals surface area contributed by atoms with Gasteiger partial charge < -0.3 is 14.6 Å². The molecule has 1 unspecified atom stereocenters. The summed E-state index contributed by atoms with van der Waals surface area (Å²) in [5, 5.41) is 3.26. The molecule has 1 aliphatic heterocycles. The van der Waals surface area contributed by atoms with Crippen molar-refractivity contribution in [2.75, 3.05) is 24.5 Å². The summed E-state index contributed by atoms with van der Waals surface area (Å²) in [6.07, 6.45) is 5.64. The molecule has 1 N–H and O–H groups in total. The first-order chi connectivity index (χ1) is 8.33. The molecule has 1 fully saturated rings. The second-order valence-electron chi connectivity index (χ2n) is 4.79. The SMILES string of the molecule is CCCC1CCN(c2nc(CNCC)co2)C1. The molecule has 1 saturated heterocycles. The second-order valence-corrected chi connectivity index (χ2v) is 4.79. The maximum absolute atomic E-state index is 5.55. The van der Waals surface area contributed by atoms with Crippen molar-refractivity contribution in [1.82, 2.24) is 10.3 Å². The molecule has 0 radical (unpaired) electrons. The van der Waals surface area contributed by atoms with Crippen molar-refractivity contribution in [2.45, 2.75) is 39.7 Å². The summed E-state index contributed by atoms with van der Waals surface area (Å²) >= 11 is 0. The molecule has 0 bridgehead atoms. The van der Waals surface area contributed by atoms with E-state index in [0.29, 0.717) is 0 Å². The van der Waals surface area contributed by atoms with Gasteiger partial charge in [-0.05, 0) is 25.3 Å². The Morgan fingerprint density at radius 3 is 3.18 bits per heavy atom. The van der Waals surface area contributed by atoms with Gasteiger partial charge in [-0.3, -0.25) is 0 Å². The lowest BCUT2D eigenvalue weighted by atomic mass is 10.0. The summed E-state index contributed by atoms with van der Waals surface area (Å²) in [6, 6.07) is 0.802. The van der Waals surface area contributed by atoms with E-state index in [9.17, 15) is 0 Å². The molecule has 1 aliphatic rings. The summed E-state index contributed by atoms with van der Waals surface area (Å²) in [6.45, 7) is 8.30. The zero-order chi connectivity index (χ0) is 12.1. The molecule has 0 aromatic carbocycles. The molecule has 0 saturated carbocycles. The zero-order valence-electron chi connectivity index (χ0n) is 10.9. The summed E-state index contributed by atoms with van der Waals surface area (Å²) in [7, 11) is 0. The first-order valence-corrected chi connectivity index (χ1v) is 6.73. The third kappa shape index (κ3) is 3.22. The normalized spacial score (nSPS) is 20.1. The van der Waals surface area contributed by atoms with Crippen molar-refractivity contribution in [2.24, 2.45) is 5.92 Å². The molecular formula is C13H23N3O. The molecule has 1 aromatic rings. The van der Waals surface area contributed by atoms with Crippen molar-refractivity contribution < 1.29 is 4.42 Å². The maximum atomic E-state index is 5.55. The fourth-order valence-electron chi connectivity index (χ4n) is 2.43. The van der Waals surface area contributed by atoms with Crippen LogP contribution in [0.1, 0.15) is 38.8 Å². The lowest BCUT2D eigenvalue weighted by Crippen LogP contribution is -2.20. The van der Waals surface area contributed by atoms with E-state index >= 15 is 0 Å². The van der Waals surface area contributed by atoms with Crippen molar-refractivity contribution in [1.29, 1.82) is 0 Å². The predicted molar refractivity (Wildman–Crippen MR) is 69.1 cm³/mol. The van der Waals surface area contributed by atoms with E-state index in [2.05, 4.69) is 29.0 Å². The van der Waals surface area contributed by atoms with Crippen molar-refractivity contribution in [3.63, 3.8) is 0 Å². The minimum Gasteiger partial charge on any atom is -0.432 e. The smallest absolute Gasteiger partial charge is 0.297 e. The third-order valence-corrected chi connectivity index (χ3v) is 3.35. The van der Waals surface area contributed by atoms with E-state index < -0.39 is 0 Å². The van der Waals surface area contributed by atoms with Gasteiger partial charge in [0.05, 0.1) is 5.69 Å². The number of nitrogens with one attached hydrogen (secondary N) is 1. The Kier molecular flexibility index (Phi) is 4.42. The van der Waals surface area contributed by atoms with Crippen LogP contribution in [0.3, 0.4) is 0 Å². The van der Waals surface area contributed by atoms with Crippen molar-refractivity contribution in [3.05, 3.63) is 12.0 Å². The number of hydrogen-bond donors (Lipinski definition) is 1. The Balaban J connectivity index is 1.88.